The number of carbonyl (C=O) groups is 1. The lowest BCUT2D eigenvalue weighted by Gasteiger charge is -2.09. The van der Waals surface area contributed by atoms with E-state index >= 15 is 0 Å². The second-order valence-electron chi connectivity index (χ2n) is 6.68. The highest BCUT2D eigenvalue weighted by atomic mass is 16.5. The summed E-state index contributed by atoms with van der Waals surface area (Å²) < 4.78 is 5.28. The van der Waals surface area contributed by atoms with Gasteiger partial charge in [0.2, 0.25) is 5.95 Å². The molecule has 0 atom stereocenters. The number of hydrogen-bond acceptors (Lipinski definition) is 5. The van der Waals surface area contributed by atoms with Gasteiger partial charge in [-0.3, -0.25) is 0 Å². The summed E-state index contributed by atoms with van der Waals surface area (Å²) in [5.41, 5.74) is 1.60. The molecule has 0 saturated heterocycles. The molecule has 0 aliphatic rings. The van der Waals surface area contributed by atoms with E-state index in [9.17, 15) is 4.79 Å². The van der Waals surface area contributed by atoms with E-state index in [0.29, 0.717) is 24.2 Å². The largest absolute Gasteiger partial charge is 0.461 e. The Morgan fingerprint density at radius 2 is 1.96 bits per heavy atom. The summed E-state index contributed by atoms with van der Waals surface area (Å²) in [6, 6.07) is 11.2. The molecule has 0 radical (unpaired) electrons. The molecule has 0 fully saturated rings. The molecule has 0 unspecified atom stereocenters. The number of nitrogens with zero attached hydrogens (tertiary/aromatic N) is 2. The van der Waals surface area contributed by atoms with Gasteiger partial charge in [0.25, 0.3) is 0 Å². The minimum atomic E-state index is -0.444. The van der Waals surface area contributed by atoms with Gasteiger partial charge in [-0.2, -0.15) is 0 Å². The van der Waals surface area contributed by atoms with Crippen molar-refractivity contribution in [1.82, 2.24) is 9.97 Å². The molecule has 1 aromatic heterocycles. The normalized spacial score (nSPS) is 10.2. The number of benzene rings is 1. The average molecular weight is 365 g/mol. The Kier molecular flexibility index (Phi) is 8.31. The zero-order valence-electron chi connectivity index (χ0n) is 16.3. The first-order valence-electron chi connectivity index (χ1n) is 9.45. The van der Waals surface area contributed by atoms with Crippen LogP contribution in [-0.4, -0.2) is 29.1 Å². The van der Waals surface area contributed by atoms with Crippen LogP contribution in [0.2, 0.25) is 0 Å². The summed E-state index contributed by atoms with van der Waals surface area (Å²) in [5.74, 6) is 6.60. The van der Waals surface area contributed by atoms with Crippen LogP contribution >= 0.6 is 0 Å². The number of unbranched alkanes of at least 4 members (excludes halogenated alkanes) is 1. The molecule has 0 amide bonds. The zero-order chi connectivity index (χ0) is 19.5. The Morgan fingerprint density at radius 1 is 1.19 bits per heavy atom. The number of ether oxygens (including phenoxy) is 1. The van der Waals surface area contributed by atoms with Gasteiger partial charge >= 0.3 is 5.97 Å². The minimum Gasteiger partial charge on any atom is -0.461 e. The van der Waals surface area contributed by atoms with Gasteiger partial charge < -0.3 is 10.1 Å². The monoisotopic (exact) mass is 365 g/mol. The smallest absolute Gasteiger partial charge is 0.357 e. The first kappa shape index (κ1) is 20.4. The van der Waals surface area contributed by atoms with Crippen LogP contribution in [0.25, 0.3) is 0 Å². The van der Waals surface area contributed by atoms with Crippen LogP contribution in [0.4, 0.5) is 5.95 Å². The first-order chi connectivity index (χ1) is 13.1. The Labute approximate surface area is 161 Å². The van der Waals surface area contributed by atoms with Crippen molar-refractivity contribution < 1.29 is 9.53 Å². The molecule has 1 aromatic carbocycles. The predicted octanol–water partition coefficient (Wildman–Crippen LogP) is 4.29. The molecule has 0 bridgehead atoms. The van der Waals surface area contributed by atoms with Crippen molar-refractivity contribution in [3.8, 4) is 11.8 Å². The van der Waals surface area contributed by atoms with E-state index in [1.807, 2.05) is 37.3 Å². The molecule has 2 rings (SSSR count). The molecule has 142 valence electrons. The molecule has 27 heavy (non-hydrogen) atoms. The Bertz CT molecular complexity index is 792. The van der Waals surface area contributed by atoms with Crippen LogP contribution in [0.3, 0.4) is 0 Å². The van der Waals surface area contributed by atoms with Crippen LogP contribution in [0.15, 0.2) is 36.4 Å². The van der Waals surface area contributed by atoms with E-state index in [1.54, 1.807) is 6.07 Å². The van der Waals surface area contributed by atoms with Gasteiger partial charge in [-0.1, -0.05) is 51.3 Å². The summed E-state index contributed by atoms with van der Waals surface area (Å²) in [6.07, 6.45) is 2.78. The van der Waals surface area contributed by atoms with E-state index in [4.69, 9.17) is 4.74 Å². The van der Waals surface area contributed by atoms with E-state index in [0.717, 1.165) is 31.4 Å². The maximum absolute atomic E-state index is 12.3. The highest BCUT2D eigenvalue weighted by Gasteiger charge is 2.12. The number of rotatable bonds is 8. The van der Waals surface area contributed by atoms with E-state index in [2.05, 4.69) is 41.0 Å². The number of hydrogen-bond donors (Lipinski definition) is 1. The fourth-order valence-corrected chi connectivity index (χ4v) is 2.21. The Hall–Kier alpha value is -2.87. The van der Waals surface area contributed by atoms with Crippen LogP contribution in [0, 0.1) is 17.8 Å². The van der Waals surface area contributed by atoms with Gasteiger partial charge in [0.05, 0.1) is 6.61 Å². The fraction of sp³-hybridized carbons (Fsp3) is 0.409. The number of aromatic nitrogens is 2. The molecule has 1 N–H and O–H groups in total. The molecule has 0 saturated carbocycles. The lowest BCUT2D eigenvalue weighted by atomic mass is 10.1. The standard InChI is InChI=1S/C22H27N3O2/c1-4-5-15-27-21(26)20-16-19(12-11-18-9-7-6-8-10-18)24-22(25-20)23-14-13-17(2)3/h6-10,16-17H,4-5,13-15H2,1-3H3,(H,23,24,25). The van der Waals surface area contributed by atoms with E-state index in [1.165, 1.54) is 0 Å². The summed E-state index contributed by atoms with van der Waals surface area (Å²) in [7, 11) is 0. The van der Waals surface area contributed by atoms with Gasteiger partial charge in [0, 0.05) is 18.2 Å². The van der Waals surface area contributed by atoms with E-state index in [-0.39, 0.29) is 5.69 Å². The van der Waals surface area contributed by atoms with Gasteiger partial charge in [-0.25, -0.2) is 14.8 Å². The average Bonchev–Trinajstić information content (AvgIpc) is 2.67. The molecule has 0 aliphatic carbocycles. The predicted molar refractivity (Wildman–Crippen MR) is 108 cm³/mol. The lowest BCUT2D eigenvalue weighted by Crippen LogP contribution is -2.14. The summed E-state index contributed by atoms with van der Waals surface area (Å²) in [5, 5.41) is 3.18. The maximum Gasteiger partial charge on any atom is 0.357 e. The van der Waals surface area contributed by atoms with Crippen molar-refractivity contribution in [1.29, 1.82) is 0 Å². The zero-order valence-corrected chi connectivity index (χ0v) is 16.3. The Morgan fingerprint density at radius 3 is 2.67 bits per heavy atom. The molecular formula is C22H27N3O2. The molecule has 5 nitrogen and oxygen atoms in total. The molecule has 0 spiro atoms. The van der Waals surface area contributed by atoms with Gasteiger partial charge in [-0.05, 0) is 36.8 Å². The summed E-state index contributed by atoms with van der Waals surface area (Å²) in [6.45, 7) is 7.48. The second-order valence-corrected chi connectivity index (χ2v) is 6.68. The molecule has 2 aromatic rings. The van der Waals surface area contributed by atoms with Crippen LogP contribution in [0.5, 0.6) is 0 Å². The van der Waals surface area contributed by atoms with Crippen LogP contribution < -0.4 is 5.32 Å². The van der Waals surface area contributed by atoms with Crippen molar-refractivity contribution in [2.45, 2.75) is 40.0 Å². The number of carbonyl (C=O) groups excluding carboxylic acids is 1. The van der Waals surface area contributed by atoms with Crippen LogP contribution in [-0.2, 0) is 4.74 Å². The van der Waals surface area contributed by atoms with Gasteiger partial charge in [0.15, 0.2) is 5.69 Å². The first-order valence-corrected chi connectivity index (χ1v) is 9.45. The third kappa shape index (κ3) is 7.49. The van der Waals surface area contributed by atoms with Crippen molar-refractivity contribution in [3.05, 3.63) is 53.3 Å². The summed E-state index contributed by atoms with van der Waals surface area (Å²) in [4.78, 5) is 21.0. The van der Waals surface area contributed by atoms with Gasteiger partial charge in [0.1, 0.15) is 5.69 Å². The molecule has 5 heteroatoms. The van der Waals surface area contributed by atoms with Crippen molar-refractivity contribution in [2.24, 2.45) is 5.92 Å². The van der Waals surface area contributed by atoms with Crippen molar-refractivity contribution in [2.75, 3.05) is 18.5 Å². The number of esters is 1. The highest BCUT2D eigenvalue weighted by Crippen LogP contribution is 2.09. The maximum atomic E-state index is 12.3. The number of nitrogens with one attached hydrogen (secondary N) is 1. The Balaban J connectivity index is 2.21. The third-order valence-electron chi connectivity index (χ3n) is 3.78. The third-order valence-corrected chi connectivity index (χ3v) is 3.78. The minimum absolute atomic E-state index is 0.227. The second kappa shape index (κ2) is 11.0. The summed E-state index contributed by atoms with van der Waals surface area (Å²) >= 11 is 0. The molecule has 0 aliphatic heterocycles. The van der Waals surface area contributed by atoms with Gasteiger partial charge in [-0.15, -0.1) is 0 Å². The number of anilines is 1. The van der Waals surface area contributed by atoms with Crippen molar-refractivity contribution in [3.63, 3.8) is 0 Å². The fourth-order valence-electron chi connectivity index (χ4n) is 2.21. The van der Waals surface area contributed by atoms with Crippen LogP contribution in [0.1, 0.15) is 61.8 Å². The SMILES string of the molecule is CCCCOC(=O)c1cc(C#Cc2ccccc2)nc(NCCC(C)C)n1. The van der Waals surface area contributed by atoms with E-state index < -0.39 is 5.97 Å². The molecular weight excluding hydrogens is 338 g/mol. The van der Waals surface area contributed by atoms with Crippen molar-refractivity contribution >= 4 is 11.9 Å². The highest BCUT2D eigenvalue weighted by molar-refractivity contribution is 5.87. The lowest BCUT2D eigenvalue weighted by molar-refractivity contribution is 0.0492. The topological polar surface area (TPSA) is 64.1 Å². The molecule has 1 heterocycles. The quantitative estimate of drug-likeness (QED) is 0.429.